The van der Waals surface area contributed by atoms with Crippen LogP contribution >= 0.6 is 27.5 Å². The van der Waals surface area contributed by atoms with E-state index in [1.807, 2.05) is 24.3 Å². The Balaban J connectivity index is 1.92. The van der Waals surface area contributed by atoms with Gasteiger partial charge in [0.25, 0.3) is 0 Å². The van der Waals surface area contributed by atoms with Crippen molar-refractivity contribution >= 4 is 27.5 Å². The zero-order valence-corrected chi connectivity index (χ0v) is 13.5. The van der Waals surface area contributed by atoms with Gasteiger partial charge in [0.15, 0.2) is 11.5 Å². The van der Waals surface area contributed by atoms with Gasteiger partial charge < -0.3 is 14.6 Å². The van der Waals surface area contributed by atoms with Gasteiger partial charge in [-0.15, -0.1) is 0 Å². The van der Waals surface area contributed by atoms with Gasteiger partial charge in [0, 0.05) is 10.9 Å². The van der Waals surface area contributed by atoms with E-state index < -0.39 is 6.10 Å². The third kappa shape index (κ3) is 3.18. The first-order chi connectivity index (χ1) is 10.1. The normalized spacial score (nSPS) is 15.4. The van der Waals surface area contributed by atoms with E-state index in [0.29, 0.717) is 24.0 Å². The van der Waals surface area contributed by atoms with E-state index in [-0.39, 0.29) is 0 Å². The minimum Gasteiger partial charge on any atom is -0.490 e. The van der Waals surface area contributed by atoms with Crippen LogP contribution in [0.3, 0.4) is 0 Å². The fourth-order valence-electron chi connectivity index (χ4n) is 2.22. The van der Waals surface area contributed by atoms with Crippen LogP contribution in [0, 0.1) is 0 Å². The summed E-state index contributed by atoms with van der Waals surface area (Å²) in [5, 5.41) is 11.1. The van der Waals surface area contributed by atoms with E-state index in [9.17, 15) is 5.11 Å². The maximum Gasteiger partial charge on any atom is 0.161 e. The van der Waals surface area contributed by atoms with Crippen LogP contribution in [0.25, 0.3) is 0 Å². The molecule has 3 nitrogen and oxygen atoms in total. The summed E-state index contributed by atoms with van der Waals surface area (Å²) in [5.74, 6) is 1.40. The molecule has 5 heteroatoms. The van der Waals surface area contributed by atoms with Gasteiger partial charge in [-0.05, 0) is 51.3 Å². The molecule has 0 radical (unpaired) electrons. The smallest absolute Gasteiger partial charge is 0.161 e. The first-order valence-corrected chi connectivity index (χ1v) is 7.85. The molecule has 0 bridgehead atoms. The summed E-state index contributed by atoms with van der Waals surface area (Å²) in [6.07, 6.45) is 0.118. The van der Waals surface area contributed by atoms with Crippen molar-refractivity contribution in [2.24, 2.45) is 0 Å². The molecule has 1 unspecified atom stereocenters. The molecule has 1 heterocycles. The van der Waals surface area contributed by atoms with Crippen molar-refractivity contribution in [3.05, 3.63) is 57.0 Å². The van der Waals surface area contributed by atoms with E-state index in [4.69, 9.17) is 21.1 Å². The predicted octanol–water partition coefficient (Wildman–Crippen LogP) is 4.35. The quantitative estimate of drug-likeness (QED) is 0.855. The lowest BCUT2D eigenvalue weighted by Crippen LogP contribution is -2.01. The summed E-state index contributed by atoms with van der Waals surface area (Å²) >= 11 is 9.35. The Morgan fingerprint density at radius 2 is 1.67 bits per heavy atom. The highest BCUT2D eigenvalue weighted by atomic mass is 79.9. The highest BCUT2D eigenvalue weighted by Crippen LogP contribution is 2.35. The lowest BCUT2D eigenvalue weighted by molar-refractivity contribution is 0.219. The van der Waals surface area contributed by atoms with Gasteiger partial charge in [-0.3, -0.25) is 0 Å². The molecule has 110 valence electrons. The highest BCUT2D eigenvalue weighted by Gasteiger charge is 2.16. The third-order valence-electron chi connectivity index (χ3n) is 3.35. The maximum atomic E-state index is 10.5. The van der Waals surface area contributed by atoms with Gasteiger partial charge >= 0.3 is 0 Å². The van der Waals surface area contributed by atoms with Crippen LogP contribution < -0.4 is 9.47 Å². The van der Waals surface area contributed by atoms with E-state index in [1.165, 1.54) is 0 Å². The van der Waals surface area contributed by atoms with Gasteiger partial charge in [0.05, 0.1) is 18.2 Å². The minimum atomic E-state index is -0.740. The highest BCUT2D eigenvalue weighted by molar-refractivity contribution is 9.10. The summed E-state index contributed by atoms with van der Waals surface area (Å²) in [4.78, 5) is 0. The Morgan fingerprint density at radius 1 is 1.00 bits per heavy atom. The first-order valence-electron chi connectivity index (χ1n) is 6.68. The van der Waals surface area contributed by atoms with Crippen LogP contribution in [0.4, 0.5) is 0 Å². The number of fused-ring (bicyclic) bond motifs is 1. The topological polar surface area (TPSA) is 38.7 Å². The standard InChI is InChI=1S/C16H14BrClO3/c17-12-8-10(2-4-13(12)18)16(19)11-3-5-14-15(9-11)21-7-1-6-20-14/h2-5,8-9,16,19H,1,6-7H2. The summed E-state index contributed by atoms with van der Waals surface area (Å²) in [6, 6.07) is 10.9. The second kappa shape index (κ2) is 6.26. The van der Waals surface area contributed by atoms with Gasteiger partial charge in [0.1, 0.15) is 6.10 Å². The Bertz CT molecular complexity index is 660. The molecule has 0 saturated carbocycles. The maximum absolute atomic E-state index is 10.5. The molecule has 0 fully saturated rings. The molecule has 1 aliphatic heterocycles. The van der Waals surface area contributed by atoms with Gasteiger partial charge in [-0.25, -0.2) is 0 Å². The Morgan fingerprint density at radius 3 is 2.43 bits per heavy atom. The molecular weight excluding hydrogens is 356 g/mol. The molecule has 1 atom stereocenters. The minimum absolute atomic E-state index is 0.615. The number of rotatable bonds is 2. The summed E-state index contributed by atoms with van der Waals surface area (Å²) in [7, 11) is 0. The van der Waals surface area contributed by atoms with Crippen molar-refractivity contribution in [1.82, 2.24) is 0 Å². The molecule has 0 aliphatic carbocycles. The van der Waals surface area contributed by atoms with E-state index in [2.05, 4.69) is 15.9 Å². The number of aliphatic hydroxyl groups excluding tert-OH is 1. The van der Waals surface area contributed by atoms with E-state index >= 15 is 0 Å². The Hall–Kier alpha value is -1.23. The van der Waals surface area contributed by atoms with Crippen LogP contribution in [-0.2, 0) is 0 Å². The zero-order valence-electron chi connectivity index (χ0n) is 11.2. The summed E-state index contributed by atoms with van der Waals surface area (Å²) in [5.41, 5.74) is 1.52. The van der Waals surface area contributed by atoms with Crippen LogP contribution in [-0.4, -0.2) is 18.3 Å². The third-order valence-corrected chi connectivity index (χ3v) is 4.56. The van der Waals surface area contributed by atoms with Crippen molar-refractivity contribution in [2.75, 3.05) is 13.2 Å². The average molecular weight is 370 g/mol. The van der Waals surface area contributed by atoms with Gasteiger partial charge in [0.2, 0.25) is 0 Å². The molecule has 0 saturated heterocycles. The van der Waals surface area contributed by atoms with E-state index in [1.54, 1.807) is 12.1 Å². The van der Waals surface area contributed by atoms with Crippen molar-refractivity contribution in [2.45, 2.75) is 12.5 Å². The number of benzene rings is 2. The van der Waals surface area contributed by atoms with Gasteiger partial charge in [-0.2, -0.15) is 0 Å². The van der Waals surface area contributed by atoms with Crippen LogP contribution in [0.15, 0.2) is 40.9 Å². The molecule has 0 aromatic heterocycles. The molecule has 0 spiro atoms. The van der Waals surface area contributed by atoms with Crippen LogP contribution in [0.1, 0.15) is 23.7 Å². The fraction of sp³-hybridized carbons (Fsp3) is 0.250. The first kappa shape index (κ1) is 14.7. The Kier molecular flexibility index (Phi) is 4.38. The van der Waals surface area contributed by atoms with Crippen molar-refractivity contribution in [3.8, 4) is 11.5 Å². The Labute approximate surface area is 136 Å². The second-order valence-corrected chi connectivity index (χ2v) is 6.09. The number of hydrogen-bond acceptors (Lipinski definition) is 3. The zero-order chi connectivity index (χ0) is 14.8. The monoisotopic (exact) mass is 368 g/mol. The SMILES string of the molecule is OC(c1ccc(Cl)c(Br)c1)c1ccc2c(c1)OCCCO2. The molecule has 3 rings (SSSR count). The molecule has 1 N–H and O–H groups in total. The molecule has 2 aromatic carbocycles. The summed E-state index contributed by atoms with van der Waals surface area (Å²) < 4.78 is 12.0. The molecule has 2 aromatic rings. The largest absolute Gasteiger partial charge is 0.490 e. The molecule has 1 aliphatic rings. The number of hydrogen-bond donors (Lipinski definition) is 1. The van der Waals surface area contributed by atoms with Crippen molar-refractivity contribution in [1.29, 1.82) is 0 Å². The molecular formula is C16H14BrClO3. The lowest BCUT2D eigenvalue weighted by atomic mass is 10.0. The number of ether oxygens (including phenoxy) is 2. The second-order valence-electron chi connectivity index (χ2n) is 4.83. The van der Waals surface area contributed by atoms with E-state index in [0.717, 1.165) is 27.8 Å². The molecule has 0 amide bonds. The number of halogens is 2. The van der Waals surface area contributed by atoms with Gasteiger partial charge in [-0.1, -0.05) is 23.7 Å². The van der Waals surface area contributed by atoms with Crippen molar-refractivity contribution < 1.29 is 14.6 Å². The molecule has 21 heavy (non-hydrogen) atoms. The predicted molar refractivity (Wildman–Crippen MR) is 85.3 cm³/mol. The lowest BCUT2D eigenvalue weighted by Gasteiger charge is -2.15. The fourth-order valence-corrected chi connectivity index (χ4v) is 2.74. The van der Waals surface area contributed by atoms with Crippen molar-refractivity contribution in [3.63, 3.8) is 0 Å². The summed E-state index contributed by atoms with van der Waals surface area (Å²) in [6.45, 7) is 1.28. The average Bonchev–Trinajstić information content (AvgIpc) is 2.73. The van der Waals surface area contributed by atoms with Crippen LogP contribution in [0.5, 0.6) is 11.5 Å². The van der Waals surface area contributed by atoms with Crippen LogP contribution in [0.2, 0.25) is 5.02 Å². The number of aliphatic hydroxyl groups is 1.